The van der Waals surface area contributed by atoms with E-state index in [2.05, 4.69) is 58.6 Å². The lowest BCUT2D eigenvalue weighted by Crippen LogP contribution is -2.45. The number of morpholine rings is 1. The van der Waals surface area contributed by atoms with Crippen LogP contribution in [0, 0.1) is 0 Å². The molecule has 2 atom stereocenters. The smallest absolute Gasteiger partial charge is 0.191 e. The molecule has 0 aliphatic carbocycles. The Morgan fingerprint density at radius 3 is 2.50 bits per heavy atom. The molecule has 0 spiro atoms. The molecule has 2 heterocycles. The van der Waals surface area contributed by atoms with Crippen LogP contribution in [0.2, 0.25) is 0 Å². The second kappa shape index (κ2) is 10.3. The van der Waals surface area contributed by atoms with Gasteiger partial charge in [0, 0.05) is 46.2 Å². The van der Waals surface area contributed by atoms with Crippen LogP contribution in [0.3, 0.4) is 0 Å². The van der Waals surface area contributed by atoms with Gasteiger partial charge in [-0.3, -0.25) is 9.89 Å². The van der Waals surface area contributed by atoms with Crippen LogP contribution >= 0.6 is 0 Å². The topological polar surface area (TPSA) is 62.0 Å². The van der Waals surface area contributed by atoms with Crippen LogP contribution in [0.4, 0.5) is 0 Å². The van der Waals surface area contributed by atoms with Crippen LogP contribution in [0.5, 0.6) is 0 Å². The summed E-state index contributed by atoms with van der Waals surface area (Å²) in [7, 11) is 1.80. The maximum absolute atomic E-state index is 5.86. The van der Waals surface area contributed by atoms with Gasteiger partial charge in [-0.05, 0) is 37.1 Å². The molecule has 1 aliphatic heterocycles. The van der Waals surface area contributed by atoms with Gasteiger partial charge >= 0.3 is 0 Å². The summed E-state index contributed by atoms with van der Waals surface area (Å²) < 4.78 is 11.2. The number of benzene rings is 1. The standard InChI is InChI=1S/C22H32N4O2/c1-17-14-26(15-18(2)28-17)16-20-8-5-4-7-19(20)13-25-22(23-3)24-11-10-21-9-6-12-27-21/h4-9,12,17-18H,10-11,13-16H2,1-3H3,(H2,23,24,25). The van der Waals surface area contributed by atoms with Gasteiger partial charge in [0.25, 0.3) is 0 Å². The van der Waals surface area contributed by atoms with E-state index in [0.29, 0.717) is 0 Å². The number of guanidine groups is 1. The molecule has 3 rings (SSSR count). The predicted octanol–water partition coefficient (Wildman–Crippen LogP) is 2.80. The molecule has 2 unspecified atom stereocenters. The summed E-state index contributed by atoms with van der Waals surface area (Å²) in [6.45, 7) is 8.71. The second-order valence-corrected chi connectivity index (χ2v) is 7.40. The summed E-state index contributed by atoms with van der Waals surface area (Å²) in [4.78, 5) is 6.80. The Hall–Kier alpha value is -2.31. The molecule has 0 saturated carbocycles. The molecule has 6 nitrogen and oxygen atoms in total. The molecule has 6 heteroatoms. The molecular formula is C22H32N4O2. The predicted molar refractivity (Wildman–Crippen MR) is 112 cm³/mol. The number of nitrogens with zero attached hydrogens (tertiary/aromatic N) is 2. The Balaban J connectivity index is 1.52. The van der Waals surface area contributed by atoms with E-state index in [9.17, 15) is 0 Å². The minimum Gasteiger partial charge on any atom is -0.469 e. The van der Waals surface area contributed by atoms with Crippen molar-refractivity contribution in [2.24, 2.45) is 4.99 Å². The average molecular weight is 385 g/mol. The Morgan fingerprint density at radius 1 is 1.07 bits per heavy atom. The van der Waals surface area contributed by atoms with E-state index >= 15 is 0 Å². The Labute approximate surface area is 168 Å². The van der Waals surface area contributed by atoms with E-state index in [1.54, 1.807) is 13.3 Å². The van der Waals surface area contributed by atoms with E-state index in [4.69, 9.17) is 9.15 Å². The third kappa shape index (κ3) is 6.11. The van der Waals surface area contributed by atoms with E-state index in [1.807, 2.05) is 12.1 Å². The van der Waals surface area contributed by atoms with Crippen LogP contribution in [0.25, 0.3) is 0 Å². The molecule has 1 saturated heterocycles. The highest BCUT2D eigenvalue weighted by Crippen LogP contribution is 2.17. The van der Waals surface area contributed by atoms with Crippen molar-refractivity contribution in [2.75, 3.05) is 26.7 Å². The van der Waals surface area contributed by atoms with Crippen LogP contribution in [-0.4, -0.2) is 49.7 Å². The number of nitrogens with one attached hydrogen (secondary N) is 2. The first kappa shape index (κ1) is 20.4. The highest BCUT2D eigenvalue weighted by molar-refractivity contribution is 5.79. The van der Waals surface area contributed by atoms with Crippen LogP contribution < -0.4 is 10.6 Å². The van der Waals surface area contributed by atoms with Gasteiger partial charge in [0.2, 0.25) is 0 Å². The van der Waals surface area contributed by atoms with Crippen molar-refractivity contribution in [3.05, 3.63) is 59.5 Å². The first-order valence-corrected chi connectivity index (χ1v) is 10.1. The van der Waals surface area contributed by atoms with Gasteiger partial charge in [-0.25, -0.2) is 0 Å². The Bertz CT molecular complexity index is 735. The number of rotatable bonds is 7. The van der Waals surface area contributed by atoms with Gasteiger partial charge in [-0.1, -0.05) is 24.3 Å². The molecule has 28 heavy (non-hydrogen) atoms. The third-order valence-electron chi connectivity index (χ3n) is 4.92. The van der Waals surface area contributed by atoms with Crippen LogP contribution in [-0.2, 0) is 24.2 Å². The summed E-state index contributed by atoms with van der Waals surface area (Å²) in [5, 5.41) is 6.77. The largest absolute Gasteiger partial charge is 0.469 e. The van der Waals surface area contributed by atoms with Crippen LogP contribution in [0.15, 0.2) is 52.1 Å². The zero-order chi connectivity index (χ0) is 19.8. The summed E-state index contributed by atoms with van der Waals surface area (Å²) in [5.41, 5.74) is 2.64. The molecule has 0 bridgehead atoms. The fourth-order valence-electron chi connectivity index (χ4n) is 3.70. The molecular weight excluding hydrogens is 352 g/mol. The first-order chi connectivity index (χ1) is 13.6. The van der Waals surface area contributed by atoms with Gasteiger partial charge in [0.15, 0.2) is 5.96 Å². The monoisotopic (exact) mass is 384 g/mol. The average Bonchev–Trinajstić information content (AvgIpc) is 3.18. The molecule has 1 aliphatic rings. The van der Waals surface area contributed by atoms with Gasteiger partial charge in [0.05, 0.1) is 18.5 Å². The molecule has 1 aromatic heterocycles. The maximum atomic E-state index is 5.86. The third-order valence-corrected chi connectivity index (χ3v) is 4.92. The van der Waals surface area contributed by atoms with Crippen LogP contribution in [0.1, 0.15) is 30.7 Å². The summed E-state index contributed by atoms with van der Waals surface area (Å²) >= 11 is 0. The maximum Gasteiger partial charge on any atom is 0.191 e. The van der Waals surface area contributed by atoms with E-state index in [0.717, 1.165) is 50.9 Å². The Morgan fingerprint density at radius 2 is 1.82 bits per heavy atom. The number of hydrogen-bond donors (Lipinski definition) is 2. The lowest BCUT2D eigenvalue weighted by molar-refractivity contribution is -0.0705. The summed E-state index contributed by atoms with van der Waals surface area (Å²) in [6, 6.07) is 12.5. The van der Waals surface area contributed by atoms with Crippen molar-refractivity contribution in [3.8, 4) is 0 Å². The zero-order valence-electron chi connectivity index (χ0n) is 17.1. The molecule has 0 radical (unpaired) electrons. The number of furan rings is 1. The van der Waals surface area contributed by atoms with E-state index < -0.39 is 0 Å². The lowest BCUT2D eigenvalue weighted by atomic mass is 10.1. The van der Waals surface area contributed by atoms with Crippen molar-refractivity contribution < 1.29 is 9.15 Å². The summed E-state index contributed by atoms with van der Waals surface area (Å²) in [5.74, 6) is 1.78. The minimum absolute atomic E-state index is 0.284. The van der Waals surface area contributed by atoms with Crippen molar-refractivity contribution in [2.45, 2.75) is 45.6 Å². The first-order valence-electron chi connectivity index (χ1n) is 10.1. The van der Waals surface area contributed by atoms with Crippen molar-refractivity contribution in [3.63, 3.8) is 0 Å². The number of aliphatic imine (C=N–C) groups is 1. The fourth-order valence-corrected chi connectivity index (χ4v) is 3.70. The van der Waals surface area contributed by atoms with Gasteiger partial charge in [0.1, 0.15) is 5.76 Å². The lowest BCUT2D eigenvalue weighted by Gasteiger charge is -2.35. The zero-order valence-corrected chi connectivity index (χ0v) is 17.1. The minimum atomic E-state index is 0.284. The number of hydrogen-bond acceptors (Lipinski definition) is 4. The van der Waals surface area contributed by atoms with Gasteiger partial charge in [-0.15, -0.1) is 0 Å². The SMILES string of the molecule is CN=C(NCCc1ccco1)NCc1ccccc1CN1CC(C)OC(C)C1. The van der Waals surface area contributed by atoms with Crippen molar-refractivity contribution >= 4 is 5.96 Å². The highest BCUT2D eigenvalue weighted by atomic mass is 16.5. The fraction of sp³-hybridized carbons (Fsp3) is 0.500. The molecule has 2 N–H and O–H groups in total. The van der Waals surface area contributed by atoms with E-state index in [-0.39, 0.29) is 12.2 Å². The normalized spacial score (nSPS) is 20.9. The molecule has 152 valence electrons. The van der Waals surface area contributed by atoms with Crippen molar-refractivity contribution in [1.82, 2.24) is 15.5 Å². The number of ether oxygens (including phenoxy) is 1. The highest BCUT2D eigenvalue weighted by Gasteiger charge is 2.22. The molecule has 2 aromatic rings. The van der Waals surface area contributed by atoms with Gasteiger partial charge < -0.3 is 19.8 Å². The quantitative estimate of drug-likeness (QED) is 0.568. The molecule has 0 amide bonds. The molecule has 1 aromatic carbocycles. The Kier molecular flexibility index (Phi) is 7.51. The van der Waals surface area contributed by atoms with E-state index in [1.165, 1.54) is 11.1 Å². The summed E-state index contributed by atoms with van der Waals surface area (Å²) in [6.07, 6.45) is 3.10. The second-order valence-electron chi connectivity index (χ2n) is 7.40. The molecule has 1 fully saturated rings. The van der Waals surface area contributed by atoms with Crippen molar-refractivity contribution in [1.29, 1.82) is 0 Å². The van der Waals surface area contributed by atoms with Gasteiger partial charge in [-0.2, -0.15) is 0 Å².